The number of ether oxygens (including phenoxy) is 4. The molecule has 2 aromatic carbocycles. The number of piperidine rings is 2. The SMILES string of the molecule is C.CNc1ccc(Oc2ccnc(NC(=O)CCl)c2)cc1[N+](=O)[O-].CNc1ccc(Oc2ccnc(NC(=O)CN3CCC(OC)CC3)c2)cc1[N+](=O)[O-].COC1CCNCC1. The summed E-state index contributed by atoms with van der Waals surface area (Å²) < 4.78 is 21.8. The van der Waals surface area contributed by atoms with Gasteiger partial charge in [-0.25, -0.2) is 9.97 Å². The third-order valence-corrected chi connectivity index (χ3v) is 9.56. The number of rotatable bonds is 15. The number of hydrogen-bond donors (Lipinski definition) is 5. The Hall–Kier alpha value is -6.19. The maximum absolute atomic E-state index is 12.3. The number of hydrogen-bond acceptors (Lipinski definition) is 16. The smallest absolute Gasteiger partial charge is 0.296 e. The minimum absolute atomic E-state index is 0. The number of anilines is 4. The van der Waals surface area contributed by atoms with Crippen LogP contribution in [-0.2, 0) is 19.1 Å². The van der Waals surface area contributed by atoms with E-state index in [1.807, 2.05) is 0 Å². The van der Waals surface area contributed by atoms with Gasteiger partial charge in [0.25, 0.3) is 11.4 Å². The van der Waals surface area contributed by atoms with Gasteiger partial charge in [-0.05, 0) is 75.2 Å². The third kappa shape index (κ3) is 16.3. The molecule has 5 N–H and O–H groups in total. The molecule has 0 spiro atoms. The molecule has 0 atom stereocenters. The molecule has 336 valence electrons. The Morgan fingerprint density at radius 1 is 0.726 bits per heavy atom. The van der Waals surface area contributed by atoms with Gasteiger partial charge in [0.05, 0.1) is 40.7 Å². The Morgan fingerprint density at radius 2 is 1.16 bits per heavy atom. The van der Waals surface area contributed by atoms with E-state index < -0.39 is 15.8 Å². The Labute approximate surface area is 365 Å². The van der Waals surface area contributed by atoms with E-state index in [1.165, 1.54) is 43.4 Å². The average molecular weight is 883 g/mol. The Bertz CT molecular complexity index is 2070. The van der Waals surface area contributed by atoms with E-state index in [1.54, 1.807) is 70.8 Å². The van der Waals surface area contributed by atoms with Crippen molar-refractivity contribution in [2.75, 3.05) is 88.2 Å². The number of aromatic nitrogens is 2. The molecule has 0 bridgehead atoms. The van der Waals surface area contributed by atoms with Crippen LogP contribution in [0.25, 0.3) is 0 Å². The number of alkyl halides is 1. The lowest BCUT2D eigenvalue weighted by Gasteiger charge is -2.30. The van der Waals surface area contributed by atoms with Crippen LogP contribution in [0, 0.1) is 20.2 Å². The number of methoxy groups -OCH3 is 2. The van der Waals surface area contributed by atoms with Crippen molar-refractivity contribution in [1.82, 2.24) is 20.2 Å². The molecule has 0 saturated carbocycles. The molecule has 4 heterocycles. The van der Waals surface area contributed by atoms with Crippen molar-refractivity contribution in [1.29, 1.82) is 0 Å². The second kappa shape index (κ2) is 26.2. The zero-order valence-electron chi connectivity index (χ0n) is 34.4. The first-order valence-electron chi connectivity index (χ1n) is 19.3. The monoisotopic (exact) mass is 882 g/mol. The van der Waals surface area contributed by atoms with Crippen molar-refractivity contribution >= 4 is 57.8 Å². The third-order valence-electron chi connectivity index (χ3n) is 9.32. The summed E-state index contributed by atoms with van der Waals surface area (Å²) in [4.78, 5) is 55.0. The van der Waals surface area contributed by atoms with Gasteiger partial charge in [-0.3, -0.25) is 34.7 Å². The standard InChI is InChI=1S/C20H25N5O5.C14H13ClN4O4.C6H13NO.CH4/c1-21-17-4-3-15(11-18(17)25(27)28)30-16-5-8-22-19(12-16)23-20(26)13-24-9-6-14(29-2)7-10-24;1-16-11-3-2-9(6-12(11)19(21)22)23-10-4-5-17-13(7-10)18-14(20)8-15;1-8-6-2-4-7-5-3-6;/h3-5,8,11-12,14,21H,6-7,9-10,13H2,1-2H3,(H,22,23,26);2-7,16H,8H2,1H3,(H,17,18,20);6-7H,2-5H2,1H3;1H4. The average Bonchev–Trinajstić information content (AvgIpc) is 3.27. The van der Waals surface area contributed by atoms with Gasteiger partial charge in [0.2, 0.25) is 11.8 Å². The second-order valence-corrected chi connectivity index (χ2v) is 13.7. The largest absolute Gasteiger partial charge is 0.457 e. The molecule has 62 heavy (non-hydrogen) atoms. The Balaban J connectivity index is 0.000000282. The molecular formula is C41H55ClN10O10. The fourth-order valence-corrected chi connectivity index (χ4v) is 6.20. The number of benzene rings is 2. The van der Waals surface area contributed by atoms with E-state index in [0.717, 1.165) is 39.0 Å². The van der Waals surface area contributed by atoms with Crippen molar-refractivity contribution in [3.63, 3.8) is 0 Å². The molecule has 0 unspecified atom stereocenters. The minimum Gasteiger partial charge on any atom is -0.457 e. The van der Waals surface area contributed by atoms with E-state index in [2.05, 4.69) is 41.5 Å². The summed E-state index contributed by atoms with van der Waals surface area (Å²) in [7, 11) is 6.70. The highest BCUT2D eigenvalue weighted by atomic mass is 35.5. The van der Waals surface area contributed by atoms with Gasteiger partial charge in [-0.1, -0.05) is 7.43 Å². The molecule has 2 saturated heterocycles. The van der Waals surface area contributed by atoms with Crippen LogP contribution in [0.15, 0.2) is 73.1 Å². The fourth-order valence-electron chi connectivity index (χ4n) is 6.13. The number of pyridine rings is 2. The number of likely N-dealkylation sites (tertiary alicyclic amines) is 1. The number of carbonyl (C=O) groups excluding carboxylic acids is 2. The summed E-state index contributed by atoms with van der Waals surface area (Å²) in [6.45, 7) is 4.14. The highest BCUT2D eigenvalue weighted by Gasteiger charge is 2.21. The molecule has 4 aromatic rings. The van der Waals surface area contributed by atoms with E-state index in [4.69, 9.17) is 30.5 Å². The number of carbonyl (C=O) groups is 2. The molecule has 0 aliphatic carbocycles. The summed E-state index contributed by atoms with van der Waals surface area (Å²) in [6, 6.07) is 15.2. The van der Waals surface area contributed by atoms with E-state index in [-0.39, 0.29) is 54.8 Å². The maximum Gasteiger partial charge on any atom is 0.296 e. The molecule has 21 heteroatoms. The minimum atomic E-state index is -0.503. The summed E-state index contributed by atoms with van der Waals surface area (Å²) in [5, 5.41) is 36.3. The fraction of sp³-hybridized carbons (Fsp3) is 0.415. The summed E-state index contributed by atoms with van der Waals surface area (Å²) in [5.74, 6) is 1.26. The normalized spacial score (nSPS) is 14.0. The molecule has 2 aliphatic rings. The number of nitro benzene ring substituents is 2. The molecule has 20 nitrogen and oxygen atoms in total. The summed E-state index contributed by atoms with van der Waals surface area (Å²) in [5.41, 5.74) is 0.584. The number of halogens is 1. The highest BCUT2D eigenvalue weighted by Crippen LogP contribution is 2.33. The lowest BCUT2D eigenvalue weighted by Crippen LogP contribution is -2.41. The first kappa shape index (κ1) is 50.2. The van der Waals surface area contributed by atoms with E-state index in [9.17, 15) is 29.8 Å². The number of amides is 2. The number of nitrogens with one attached hydrogen (secondary N) is 5. The van der Waals surface area contributed by atoms with Crippen LogP contribution in [0.5, 0.6) is 23.0 Å². The topological polar surface area (TPSA) is 247 Å². The zero-order valence-corrected chi connectivity index (χ0v) is 35.1. The van der Waals surface area contributed by atoms with Crippen molar-refractivity contribution in [3.8, 4) is 23.0 Å². The maximum atomic E-state index is 12.3. The van der Waals surface area contributed by atoms with Gasteiger partial charge in [0.15, 0.2) is 0 Å². The molecule has 0 radical (unpaired) electrons. The van der Waals surface area contributed by atoms with E-state index >= 15 is 0 Å². The van der Waals surface area contributed by atoms with Crippen molar-refractivity contribution in [2.24, 2.45) is 0 Å². The Morgan fingerprint density at radius 3 is 1.56 bits per heavy atom. The lowest BCUT2D eigenvalue weighted by atomic mass is 10.1. The molecule has 2 fully saturated rings. The van der Waals surface area contributed by atoms with Gasteiger partial charge >= 0.3 is 0 Å². The van der Waals surface area contributed by atoms with Crippen LogP contribution < -0.4 is 36.1 Å². The molecule has 6 rings (SSSR count). The number of nitro groups is 2. The second-order valence-electron chi connectivity index (χ2n) is 13.5. The first-order valence-corrected chi connectivity index (χ1v) is 19.8. The van der Waals surface area contributed by atoms with Crippen LogP contribution >= 0.6 is 11.6 Å². The molecule has 2 aromatic heterocycles. The van der Waals surface area contributed by atoms with Gasteiger partial charge in [-0.2, -0.15) is 0 Å². The van der Waals surface area contributed by atoms with Crippen LogP contribution in [0.4, 0.5) is 34.4 Å². The molecule has 2 aliphatic heterocycles. The van der Waals surface area contributed by atoms with Crippen molar-refractivity contribution in [2.45, 2.75) is 45.3 Å². The van der Waals surface area contributed by atoms with E-state index in [0.29, 0.717) is 40.5 Å². The van der Waals surface area contributed by atoms with Crippen LogP contribution in [0.1, 0.15) is 33.1 Å². The van der Waals surface area contributed by atoms with Crippen molar-refractivity contribution < 1.29 is 38.4 Å². The Kier molecular flexibility index (Phi) is 21.2. The number of nitrogens with zero attached hydrogens (tertiary/aromatic N) is 5. The summed E-state index contributed by atoms with van der Waals surface area (Å²) >= 11 is 5.41. The van der Waals surface area contributed by atoms with Gasteiger partial charge in [-0.15, -0.1) is 11.6 Å². The zero-order chi connectivity index (χ0) is 44.1. The van der Waals surface area contributed by atoms with Gasteiger partial charge < -0.3 is 45.5 Å². The summed E-state index contributed by atoms with van der Waals surface area (Å²) in [6.07, 6.45) is 7.90. The van der Waals surface area contributed by atoms with Crippen LogP contribution in [-0.4, -0.2) is 116 Å². The van der Waals surface area contributed by atoms with Gasteiger partial charge in [0.1, 0.15) is 51.9 Å². The van der Waals surface area contributed by atoms with Crippen LogP contribution in [0.2, 0.25) is 0 Å². The van der Waals surface area contributed by atoms with Gasteiger partial charge in [0, 0.05) is 65.9 Å². The predicted octanol–water partition coefficient (Wildman–Crippen LogP) is 6.90. The predicted molar refractivity (Wildman–Crippen MR) is 238 cm³/mol. The highest BCUT2D eigenvalue weighted by molar-refractivity contribution is 6.29. The molecular weight excluding hydrogens is 828 g/mol. The lowest BCUT2D eigenvalue weighted by molar-refractivity contribution is -0.384. The van der Waals surface area contributed by atoms with Crippen LogP contribution in [0.3, 0.4) is 0 Å². The molecule has 2 amide bonds. The van der Waals surface area contributed by atoms with Crippen molar-refractivity contribution in [3.05, 3.63) is 93.3 Å². The first-order chi connectivity index (χ1) is 29.4. The quantitative estimate of drug-likeness (QED) is 0.0463.